The van der Waals surface area contributed by atoms with Crippen molar-refractivity contribution < 1.29 is 0 Å². The van der Waals surface area contributed by atoms with Crippen molar-refractivity contribution in [3.63, 3.8) is 0 Å². The normalized spacial score (nSPS) is 10.6. The average Bonchev–Trinajstić information content (AvgIpc) is 2.70. The van der Waals surface area contributed by atoms with E-state index in [0.29, 0.717) is 4.68 Å². The van der Waals surface area contributed by atoms with E-state index in [0.717, 1.165) is 10.9 Å². The molecule has 0 aliphatic heterocycles. The minimum Gasteiger partial charge on any atom is -0.277 e. The Morgan fingerprint density at radius 1 is 1.25 bits per heavy atom. The maximum Gasteiger partial charge on any atom is 0.356 e. The standard InChI is InChI=1S/C6H4N6O4/c1-10-4-3(11(8-15)2-7-4)5(13)12(9-16)6(10)14/h2H,1H3. The molecule has 16 heavy (non-hydrogen) atoms. The first-order valence-corrected chi connectivity index (χ1v) is 3.98. The minimum absolute atomic E-state index is 0.0468. The summed E-state index contributed by atoms with van der Waals surface area (Å²) in [6.07, 6.45) is 0.966. The highest BCUT2D eigenvalue weighted by Crippen LogP contribution is 2.04. The second-order valence-corrected chi connectivity index (χ2v) is 2.88. The molecule has 0 atom stereocenters. The number of aryl methyl sites for hydroxylation is 1. The average molecular weight is 224 g/mol. The molecule has 0 spiro atoms. The van der Waals surface area contributed by atoms with Crippen molar-refractivity contribution in [1.82, 2.24) is 18.9 Å². The summed E-state index contributed by atoms with van der Waals surface area (Å²) in [6.45, 7) is 0. The number of aromatic nitrogens is 4. The Balaban J connectivity index is 3.18. The van der Waals surface area contributed by atoms with Gasteiger partial charge in [0.25, 0.3) is 0 Å². The number of rotatable bonds is 2. The van der Waals surface area contributed by atoms with Gasteiger partial charge in [0.2, 0.25) is 0 Å². The van der Waals surface area contributed by atoms with E-state index in [1.54, 1.807) is 0 Å². The molecule has 0 aliphatic rings. The van der Waals surface area contributed by atoms with Gasteiger partial charge in [0.1, 0.15) is 6.33 Å². The topological polar surface area (TPSA) is 121 Å². The van der Waals surface area contributed by atoms with Gasteiger partial charge in [-0.2, -0.15) is 4.68 Å². The zero-order valence-electron chi connectivity index (χ0n) is 7.89. The van der Waals surface area contributed by atoms with Gasteiger partial charge in [-0.3, -0.25) is 9.36 Å². The van der Waals surface area contributed by atoms with E-state index >= 15 is 0 Å². The SMILES string of the molecule is Cn1c(=O)n(N=O)c(=O)c2c1ncn2N=O. The minimum atomic E-state index is -1.04. The van der Waals surface area contributed by atoms with Gasteiger partial charge in [-0.25, -0.2) is 9.78 Å². The lowest BCUT2D eigenvalue weighted by molar-refractivity contribution is 0.684. The van der Waals surface area contributed by atoms with Gasteiger partial charge in [-0.1, -0.05) is 0 Å². The molecule has 0 saturated heterocycles. The van der Waals surface area contributed by atoms with Crippen LogP contribution < -0.4 is 11.2 Å². The summed E-state index contributed by atoms with van der Waals surface area (Å²) in [5, 5.41) is 4.77. The molecular formula is C6H4N6O4. The van der Waals surface area contributed by atoms with Crippen molar-refractivity contribution in [3.8, 4) is 0 Å². The van der Waals surface area contributed by atoms with Gasteiger partial charge in [0, 0.05) is 7.05 Å². The van der Waals surface area contributed by atoms with Crippen LogP contribution in [0.25, 0.3) is 11.2 Å². The predicted molar refractivity (Wildman–Crippen MR) is 51.6 cm³/mol. The third kappa shape index (κ3) is 1.03. The summed E-state index contributed by atoms with van der Waals surface area (Å²) in [4.78, 5) is 47.3. The Hall–Kier alpha value is -2.65. The van der Waals surface area contributed by atoms with Crippen LogP contribution in [0, 0.1) is 9.81 Å². The molecular weight excluding hydrogens is 220 g/mol. The molecule has 10 heteroatoms. The summed E-state index contributed by atoms with van der Waals surface area (Å²) in [5.41, 5.74) is -2.31. The molecule has 0 aromatic carbocycles. The molecule has 0 radical (unpaired) electrons. The van der Waals surface area contributed by atoms with Crippen molar-refractivity contribution in [2.75, 3.05) is 0 Å². The highest BCUT2D eigenvalue weighted by Gasteiger charge is 2.16. The first kappa shape index (κ1) is 9.89. The third-order valence-corrected chi connectivity index (χ3v) is 2.08. The summed E-state index contributed by atoms with van der Waals surface area (Å²) < 4.78 is 1.63. The van der Waals surface area contributed by atoms with Crippen LogP contribution >= 0.6 is 0 Å². The zero-order valence-corrected chi connectivity index (χ0v) is 7.89. The van der Waals surface area contributed by atoms with Crippen LogP contribution in [-0.4, -0.2) is 18.9 Å². The molecule has 0 saturated carbocycles. The summed E-state index contributed by atoms with van der Waals surface area (Å²) in [6, 6.07) is 0. The van der Waals surface area contributed by atoms with Crippen LogP contribution in [0.3, 0.4) is 0 Å². The molecule has 2 aromatic heterocycles. The van der Waals surface area contributed by atoms with Crippen molar-refractivity contribution in [2.24, 2.45) is 17.6 Å². The number of nitrogens with zero attached hydrogens (tertiary/aromatic N) is 6. The molecule has 0 amide bonds. The maximum atomic E-state index is 11.6. The molecule has 0 bridgehead atoms. The van der Waals surface area contributed by atoms with Gasteiger partial charge < -0.3 is 0 Å². The van der Waals surface area contributed by atoms with Crippen molar-refractivity contribution in [1.29, 1.82) is 0 Å². The Kier molecular flexibility index (Phi) is 1.97. The van der Waals surface area contributed by atoms with Gasteiger partial charge in [-0.05, 0) is 0 Å². The quantitative estimate of drug-likeness (QED) is 0.603. The van der Waals surface area contributed by atoms with Crippen molar-refractivity contribution >= 4 is 11.2 Å². The van der Waals surface area contributed by atoms with Crippen LogP contribution in [0.15, 0.2) is 26.5 Å². The smallest absolute Gasteiger partial charge is 0.277 e. The Morgan fingerprint density at radius 2 is 1.94 bits per heavy atom. The molecule has 0 fully saturated rings. The fourth-order valence-electron chi connectivity index (χ4n) is 1.32. The Bertz CT molecular complexity index is 706. The fourth-order valence-corrected chi connectivity index (χ4v) is 1.32. The van der Waals surface area contributed by atoms with Crippen LogP contribution in [0.1, 0.15) is 0 Å². The fraction of sp³-hybridized carbons (Fsp3) is 0.167. The monoisotopic (exact) mass is 224 g/mol. The van der Waals surface area contributed by atoms with Crippen molar-refractivity contribution in [2.45, 2.75) is 0 Å². The highest BCUT2D eigenvalue weighted by molar-refractivity contribution is 5.69. The Morgan fingerprint density at radius 3 is 2.50 bits per heavy atom. The lowest BCUT2D eigenvalue weighted by Gasteiger charge is -1.99. The van der Waals surface area contributed by atoms with Gasteiger partial charge in [0.05, 0.1) is 10.6 Å². The summed E-state index contributed by atoms with van der Waals surface area (Å²) in [5.74, 6) is 0. The van der Waals surface area contributed by atoms with E-state index in [1.807, 2.05) is 0 Å². The molecule has 10 nitrogen and oxygen atoms in total. The predicted octanol–water partition coefficient (Wildman–Crippen LogP) is -1.04. The lowest BCUT2D eigenvalue weighted by atomic mass is 10.5. The van der Waals surface area contributed by atoms with E-state index in [4.69, 9.17) is 0 Å². The summed E-state index contributed by atoms with van der Waals surface area (Å²) >= 11 is 0. The second kappa shape index (κ2) is 3.18. The van der Waals surface area contributed by atoms with Crippen LogP contribution in [-0.2, 0) is 7.05 Å². The van der Waals surface area contributed by atoms with E-state index < -0.39 is 11.2 Å². The molecule has 2 rings (SSSR count). The molecule has 2 aromatic rings. The first-order valence-electron chi connectivity index (χ1n) is 3.98. The van der Waals surface area contributed by atoms with E-state index in [2.05, 4.69) is 15.6 Å². The zero-order chi connectivity index (χ0) is 11.9. The van der Waals surface area contributed by atoms with Crippen LogP contribution in [0.5, 0.6) is 0 Å². The largest absolute Gasteiger partial charge is 0.356 e. The second-order valence-electron chi connectivity index (χ2n) is 2.88. The molecule has 2 heterocycles. The molecule has 82 valence electrons. The molecule has 0 aliphatic carbocycles. The Labute approximate surface area is 85.6 Å². The number of hydrogen-bond donors (Lipinski definition) is 0. The molecule has 0 unspecified atom stereocenters. The van der Waals surface area contributed by atoms with E-state index in [1.165, 1.54) is 7.05 Å². The highest BCUT2D eigenvalue weighted by atomic mass is 16.3. The molecule has 0 N–H and O–H groups in total. The summed E-state index contributed by atoms with van der Waals surface area (Å²) in [7, 11) is 1.29. The number of imidazole rings is 1. The maximum absolute atomic E-state index is 11.6. The van der Waals surface area contributed by atoms with Gasteiger partial charge >= 0.3 is 11.2 Å². The van der Waals surface area contributed by atoms with Crippen LogP contribution in [0.2, 0.25) is 0 Å². The van der Waals surface area contributed by atoms with Crippen LogP contribution in [0.4, 0.5) is 0 Å². The van der Waals surface area contributed by atoms with Crippen molar-refractivity contribution in [3.05, 3.63) is 37.0 Å². The first-order chi connectivity index (χ1) is 7.61. The van der Waals surface area contributed by atoms with Gasteiger partial charge in [0.15, 0.2) is 11.2 Å². The van der Waals surface area contributed by atoms with Gasteiger partial charge in [-0.15, -0.1) is 14.5 Å². The van der Waals surface area contributed by atoms with E-state index in [9.17, 15) is 19.4 Å². The third-order valence-electron chi connectivity index (χ3n) is 2.08. The number of hydrogen-bond acceptors (Lipinski definition) is 7. The van der Waals surface area contributed by atoms with E-state index in [-0.39, 0.29) is 15.8 Å². The number of nitroso groups, excluding NO2 is 2. The lowest BCUT2D eigenvalue weighted by Crippen LogP contribution is -2.36. The number of fused-ring (bicyclic) bond motifs is 1.